The Hall–Kier alpha value is -2.86. The first-order valence-corrected chi connectivity index (χ1v) is 9.80. The summed E-state index contributed by atoms with van der Waals surface area (Å²) in [5, 5.41) is 3.31. The van der Waals surface area contributed by atoms with Gasteiger partial charge in [0.2, 0.25) is 0 Å². The molecule has 0 saturated carbocycles. The van der Waals surface area contributed by atoms with E-state index in [0.717, 1.165) is 29.1 Å². The van der Waals surface area contributed by atoms with E-state index in [0.29, 0.717) is 23.5 Å². The normalized spacial score (nSPS) is 11.7. The lowest BCUT2D eigenvalue weighted by Crippen LogP contribution is -2.42. The number of rotatable bonds is 8. The van der Waals surface area contributed by atoms with Gasteiger partial charge in [-0.25, -0.2) is 9.37 Å². The summed E-state index contributed by atoms with van der Waals surface area (Å²) < 4.78 is 22.1. The van der Waals surface area contributed by atoms with Gasteiger partial charge in [-0.15, -0.1) is 0 Å². The van der Waals surface area contributed by atoms with E-state index in [2.05, 4.69) is 18.8 Å². The molecule has 154 valence electrons. The fourth-order valence-corrected chi connectivity index (χ4v) is 3.19. The van der Waals surface area contributed by atoms with Crippen LogP contribution in [0, 0.1) is 12.7 Å². The number of imidazole rings is 1. The highest BCUT2D eigenvalue weighted by atomic mass is 19.1. The van der Waals surface area contributed by atoms with Gasteiger partial charge in [0, 0.05) is 23.8 Å². The lowest BCUT2D eigenvalue weighted by molar-refractivity contribution is 0.300. The Bertz CT molecular complexity index is 1010. The van der Waals surface area contributed by atoms with E-state index in [4.69, 9.17) is 15.5 Å². The Morgan fingerprint density at radius 2 is 2.07 bits per heavy atom. The van der Waals surface area contributed by atoms with Crippen molar-refractivity contribution < 1.29 is 9.13 Å². The smallest absolute Gasteiger partial charge is 0.180 e. The summed E-state index contributed by atoms with van der Waals surface area (Å²) in [4.78, 5) is 4.77. The SMILES string of the molecule is C=C(NCC(C)(C)N)c1c(CC)nc2c(OCc3c(C)cccc3F)cccn12. The summed E-state index contributed by atoms with van der Waals surface area (Å²) in [5.41, 5.74) is 10.4. The van der Waals surface area contributed by atoms with E-state index in [1.807, 2.05) is 49.6 Å². The zero-order valence-electron chi connectivity index (χ0n) is 17.6. The molecule has 0 bridgehead atoms. The molecule has 1 aromatic carbocycles. The zero-order valence-corrected chi connectivity index (χ0v) is 17.6. The van der Waals surface area contributed by atoms with E-state index in [9.17, 15) is 4.39 Å². The lowest BCUT2D eigenvalue weighted by Gasteiger charge is -2.21. The first-order valence-electron chi connectivity index (χ1n) is 9.80. The van der Waals surface area contributed by atoms with Crippen molar-refractivity contribution in [3.05, 3.63) is 71.4 Å². The van der Waals surface area contributed by atoms with Crippen LogP contribution in [0.5, 0.6) is 5.75 Å². The molecule has 0 unspecified atom stereocenters. The van der Waals surface area contributed by atoms with Crippen LogP contribution in [0.4, 0.5) is 4.39 Å². The van der Waals surface area contributed by atoms with E-state index >= 15 is 0 Å². The molecule has 0 aliphatic rings. The zero-order chi connectivity index (χ0) is 21.2. The van der Waals surface area contributed by atoms with Gasteiger partial charge < -0.3 is 15.8 Å². The molecule has 3 N–H and O–H groups in total. The average molecular weight is 397 g/mol. The van der Waals surface area contributed by atoms with Crippen LogP contribution in [0.3, 0.4) is 0 Å². The van der Waals surface area contributed by atoms with Gasteiger partial charge >= 0.3 is 0 Å². The standard InChI is InChI=1S/C23H29FN4O/c1-6-19-21(16(3)26-14-23(4,5)25)28-12-8-11-20(22(28)27-19)29-13-17-15(2)9-7-10-18(17)24/h7-12,26H,3,6,13-14,25H2,1-2,4-5H3. The number of fused-ring (bicyclic) bond motifs is 1. The minimum Gasteiger partial charge on any atom is -0.485 e. The third kappa shape index (κ3) is 4.59. The topological polar surface area (TPSA) is 64.6 Å². The molecule has 0 spiro atoms. The van der Waals surface area contributed by atoms with E-state index in [1.165, 1.54) is 6.07 Å². The highest BCUT2D eigenvalue weighted by Crippen LogP contribution is 2.27. The highest BCUT2D eigenvalue weighted by molar-refractivity contribution is 5.68. The van der Waals surface area contributed by atoms with Crippen molar-refractivity contribution >= 4 is 11.3 Å². The number of nitrogens with two attached hydrogens (primary N) is 1. The van der Waals surface area contributed by atoms with Crippen molar-refractivity contribution in [2.75, 3.05) is 6.54 Å². The van der Waals surface area contributed by atoms with Crippen LogP contribution in [-0.2, 0) is 13.0 Å². The molecule has 2 heterocycles. The number of pyridine rings is 1. The van der Waals surface area contributed by atoms with E-state index in [-0.39, 0.29) is 18.0 Å². The van der Waals surface area contributed by atoms with Gasteiger partial charge in [0.25, 0.3) is 0 Å². The van der Waals surface area contributed by atoms with Crippen molar-refractivity contribution in [3.63, 3.8) is 0 Å². The summed E-state index contributed by atoms with van der Waals surface area (Å²) in [6.07, 6.45) is 2.67. The average Bonchev–Trinajstić information content (AvgIpc) is 3.04. The molecule has 0 fully saturated rings. The molecule has 29 heavy (non-hydrogen) atoms. The first-order chi connectivity index (χ1) is 13.7. The van der Waals surface area contributed by atoms with Crippen LogP contribution in [0.25, 0.3) is 11.3 Å². The van der Waals surface area contributed by atoms with Crippen LogP contribution >= 0.6 is 0 Å². The molecular formula is C23H29FN4O. The minimum atomic E-state index is -0.359. The predicted octanol–water partition coefficient (Wildman–Crippen LogP) is 4.22. The Kier molecular flexibility index (Phi) is 5.94. The summed E-state index contributed by atoms with van der Waals surface area (Å²) in [6.45, 7) is 12.8. The number of hydrogen-bond donors (Lipinski definition) is 2. The second kappa shape index (κ2) is 8.25. The van der Waals surface area contributed by atoms with Crippen molar-refractivity contribution in [1.82, 2.24) is 14.7 Å². The quantitative estimate of drug-likeness (QED) is 0.598. The van der Waals surface area contributed by atoms with Gasteiger partial charge in [-0.2, -0.15) is 0 Å². The second-order valence-electron chi connectivity index (χ2n) is 7.97. The fourth-order valence-electron chi connectivity index (χ4n) is 3.19. The van der Waals surface area contributed by atoms with Crippen LogP contribution in [0.2, 0.25) is 0 Å². The number of aromatic nitrogens is 2. The number of ether oxygens (including phenoxy) is 1. The molecule has 2 aromatic heterocycles. The lowest BCUT2D eigenvalue weighted by atomic mass is 10.1. The van der Waals surface area contributed by atoms with Crippen molar-refractivity contribution in [3.8, 4) is 5.75 Å². The molecular weight excluding hydrogens is 367 g/mol. The Morgan fingerprint density at radius 1 is 1.31 bits per heavy atom. The molecule has 0 radical (unpaired) electrons. The van der Waals surface area contributed by atoms with Gasteiger partial charge in [-0.3, -0.25) is 4.40 Å². The Labute approximate surface area is 171 Å². The number of nitrogens with one attached hydrogen (secondary N) is 1. The molecule has 0 saturated heterocycles. The number of nitrogens with zero attached hydrogens (tertiary/aromatic N) is 2. The first kappa shape index (κ1) is 20.9. The van der Waals surface area contributed by atoms with Crippen molar-refractivity contribution in [1.29, 1.82) is 0 Å². The second-order valence-corrected chi connectivity index (χ2v) is 7.97. The molecule has 0 aliphatic carbocycles. The number of aryl methyl sites for hydroxylation is 2. The maximum atomic E-state index is 14.1. The van der Waals surface area contributed by atoms with Gasteiger partial charge in [0.1, 0.15) is 12.4 Å². The molecule has 0 atom stereocenters. The van der Waals surface area contributed by atoms with Crippen LogP contribution in [-0.4, -0.2) is 21.5 Å². The third-order valence-electron chi connectivity index (χ3n) is 4.79. The molecule has 3 aromatic rings. The number of hydrogen-bond acceptors (Lipinski definition) is 4. The van der Waals surface area contributed by atoms with Gasteiger partial charge in [-0.05, 0) is 51.0 Å². The van der Waals surface area contributed by atoms with E-state index in [1.54, 1.807) is 6.07 Å². The molecule has 0 amide bonds. The summed E-state index contributed by atoms with van der Waals surface area (Å²) >= 11 is 0. The number of halogens is 1. The summed E-state index contributed by atoms with van der Waals surface area (Å²) in [5.74, 6) is 0.334. The Morgan fingerprint density at radius 3 is 2.72 bits per heavy atom. The molecule has 3 rings (SSSR count). The predicted molar refractivity (Wildman–Crippen MR) is 115 cm³/mol. The van der Waals surface area contributed by atoms with Crippen LogP contribution in [0.15, 0.2) is 43.1 Å². The number of benzene rings is 1. The molecule has 5 nitrogen and oxygen atoms in total. The summed E-state index contributed by atoms with van der Waals surface area (Å²) in [7, 11) is 0. The van der Waals surface area contributed by atoms with Crippen molar-refractivity contribution in [2.45, 2.75) is 46.3 Å². The minimum absolute atomic E-state index is 0.141. The van der Waals surface area contributed by atoms with Crippen LogP contribution < -0.4 is 15.8 Å². The fraction of sp³-hybridized carbons (Fsp3) is 0.348. The monoisotopic (exact) mass is 396 g/mol. The molecule has 6 heteroatoms. The Balaban J connectivity index is 1.93. The highest BCUT2D eigenvalue weighted by Gasteiger charge is 2.19. The summed E-state index contributed by atoms with van der Waals surface area (Å²) in [6, 6.07) is 8.76. The molecule has 0 aliphatic heterocycles. The van der Waals surface area contributed by atoms with Gasteiger partial charge in [0.15, 0.2) is 11.4 Å². The van der Waals surface area contributed by atoms with Crippen molar-refractivity contribution in [2.24, 2.45) is 5.73 Å². The van der Waals surface area contributed by atoms with Crippen LogP contribution in [0.1, 0.15) is 43.3 Å². The van der Waals surface area contributed by atoms with Gasteiger partial charge in [0.05, 0.1) is 17.1 Å². The van der Waals surface area contributed by atoms with E-state index < -0.39 is 0 Å². The maximum absolute atomic E-state index is 14.1. The largest absolute Gasteiger partial charge is 0.485 e. The third-order valence-corrected chi connectivity index (χ3v) is 4.79. The maximum Gasteiger partial charge on any atom is 0.180 e. The van der Waals surface area contributed by atoms with Gasteiger partial charge in [-0.1, -0.05) is 25.6 Å².